The summed E-state index contributed by atoms with van der Waals surface area (Å²) in [5.74, 6) is -4.78. The first kappa shape index (κ1) is 14.5. The van der Waals surface area contributed by atoms with E-state index in [2.05, 4.69) is 11.3 Å². The molecular formula is C9H11F3O4. The highest BCUT2D eigenvalue weighted by molar-refractivity contribution is 5.86. The van der Waals surface area contributed by atoms with Gasteiger partial charge in [0.05, 0.1) is 12.3 Å². The van der Waals surface area contributed by atoms with Crippen LogP contribution >= 0.6 is 0 Å². The van der Waals surface area contributed by atoms with Crippen molar-refractivity contribution in [1.82, 2.24) is 0 Å². The van der Waals surface area contributed by atoms with Crippen molar-refractivity contribution in [3.05, 3.63) is 12.2 Å². The summed E-state index contributed by atoms with van der Waals surface area (Å²) in [5.41, 5.74) is -0.0451. The summed E-state index contributed by atoms with van der Waals surface area (Å²) in [5, 5.41) is 8.26. The number of hydrogen-bond donors (Lipinski definition) is 1. The van der Waals surface area contributed by atoms with Crippen molar-refractivity contribution >= 4 is 11.9 Å². The maximum Gasteiger partial charge on any atom is 0.395 e. The predicted molar refractivity (Wildman–Crippen MR) is 47.6 cm³/mol. The van der Waals surface area contributed by atoms with Gasteiger partial charge < -0.3 is 9.84 Å². The lowest BCUT2D eigenvalue weighted by molar-refractivity contribution is -0.195. The Kier molecular flexibility index (Phi) is 5.00. The van der Waals surface area contributed by atoms with E-state index in [9.17, 15) is 22.8 Å². The first-order valence-corrected chi connectivity index (χ1v) is 4.25. The van der Waals surface area contributed by atoms with Gasteiger partial charge in [0.1, 0.15) is 6.61 Å². The lowest BCUT2D eigenvalue weighted by Gasteiger charge is -2.18. The van der Waals surface area contributed by atoms with Gasteiger partial charge in [-0.2, -0.15) is 13.2 Å². The highest BCUT2D eigenvalue weighted by Crippen LogP contribution is 2.29. The molecule has 0 saturated heterocycles. The van der Waals surface area contributed by atoms with Crippen molar-refractivity contribution in [3.63, 3.8) is 0 Å². The molecule has 16 heavy (non-hydrogen) atoms. The molecule has 0 saturated carbocycles. The van der Waals surface area contributed by atoms with Crippen LogP contribution in [0.15, 0.2) is 12.2 Å². The van der Waals surface area contributed by atoms with Crippen molar-refractivity contribution in [1.29, 1.82) is 0 Å². The third-order valence-electron chi connectivity index (χ3n) is 1.65. The highest BCUT2D eigenvalue weighted by atomic mass is 19.4. The Labute approximate surface area is 89.7 Å². The van der Waals surface area contributed by atoms with E-state index in [1.807, 2.05) is 0 Å². The fraction of sp³-hybridized carbons (Fsp3) is 0.556. The van der Waals surface area contributed by atoms with Crippen LogP contribution in [0.5, 0.6) is 0 Å². The molecule has 1 unspecified atom stereocenters. The molecule has 7 heteroatoms. The van der Waals surface area contributed by atoms with Gasteiger partial charge in [0.15, 0.2) is 0 Å². The minimum atomic E-state index is -4.71. The summed E-state index contributed by atoms with van der Waals surface area (Å²) in [6.07, 6.45) is -5.85. The first-order valence-electron chi connectivity index (χ1n) is 4.25. The summed E-state index contributed by atoms with van der Waals surface area (Å²) in [6.45, 7) is 3.45. The Balaban J connectivity index is 4.40. The van der Waals surface area contributed by atoms with Gasteiger partial charge in [-0.15, -0.1) is 0 Å². The van der Waals surface area contributed by atoms with Gasteiger partial charge in [-0.05, 0) is 6.92 Å². The van der Waals surface area contributed by atoms with Gasteiger partial charge in [-0.25, -0.2) is 4.79 Å². The number of hydrogen-bond acceptors (Lipinski definition) is 3. The molecule has 0 aliphatic heterocycles. The largest absolute Gasteiger partial charge is 0.481 e. The number of carbonyl (C=O) groups is 2. The molecule has 1 atom stereocenters. The second kappa shape index (κ2) is 5.53. The number of rotatable bonds is 5. The van der Waals surface area contributed by atoms with Crippen LogP contribution in [-0.4, -0.2) is 29.8 Å². The smallest absolute Gasteiger partial charge is 0.395 e. The van der Waals surface area contributed by atoms with Crippen LogP contribution in [0.1, 0.15) is 13.3 Å². The maximum absolute atomic E-state index is 12.3. The fourth-order valence-electron chi connectivity index (χ4n) is 0.779. The van der Waals surface area contributed by atoms with E-state index in [1.54, 1.807) is 0 Å². The number of halogens is 3. The molecular weight excluding hydrogens is 229 g/mol. The van der Waals surface area contributed by atoms with Gasteiger partial charge in [-0.3, -0.25) is 4.79 Å². The van der Waals surface area contributed by atoms with Gasteiger partial charge in [0, 0.05) is 5.57 Å². The average Bonchev–Trinajstić information content (AvgIpc) is 2.08. The molecule has 0 aliphatic carbocycles. The Hall–Kier alpha value is -1.53. The summed E-state index contributed by atoms with van der Waals surface area (Å²) in [7, 11) is 0. The van der Waals surface area contributed by atoms with Crippen LogP contribution in [0.3, 0.4) is 0 Å². The minimum absolute atomic E-state index is 0.0451. The second-order valence-electron chi connectivity index (χ2n) is 3.22. The molecule has 0 aliphatic rings. The Morgan fingerprint density at radius 3 is 2.25 bits per heavy atom. The van der Waals surface area contributed by atoms with Crippen LogP contribution in [0.2, 0.25) is 0 Å². The molecule has 1 N–H and O–H groups in total. The number of carbonyl (C=O) groups excluding carboxylic acids is 1. The number of alkyl halides is 3. The number of ether oxygens (including phenoxy) is 1. The zero-order valence-corrected chi connectivity index (χ0v) is 8.50. The summed E-state index contributed by atoms with van der Waals surface area (Å²) < 4.78 is 41.0. The highest BCUT2D eigenvalue weighted by Gasteiger charge is 2.41. The Bertz CT molecular complexity index is 296. The fourth-order valence-corrected chi connectivity index (χ4v) is 0.779. The van der Waals surface area contributed by atoms with Crippen molar-refractivity contribution < 1.29 is 32.6 Å². The van der Waals surface area contributed by atoms with E-state index < -0.39 is 37.1 Å². The molecule has 0 spiro atoms. The molecule has 0 aromatic rings. The first-order chi connectivity index (χ1) is 7.14. The van der Waals surface area contributed by atoms with Crippen molar-refractivity contribution in [2.75, 3.05) is 6.61 Å². The molecule has 0 amide bonds. The van der Waals surface area contributed by atoms with Crippen LogP contribution in [-0.2, 0) is 14.3 Å². The lowest BCUT2D eigenvalue weighted by atomic mass is 10.1. The van der Waals surface area contributed by atoms with Gasteiger partial charge in [0.2, 0.25) is 0 Å². The number of aliphatic carboxylic acids is 1. The van der Waals surface area contributed by atoms with Crippen LogP contribution in [0, 0.1) is 5.92 Å². The third kappa shape index (κ3) is 5.38. The summed E-state index contributed by atoms with van der Waals surface area (Å²) in [6, 6.07) is 0. The molecule has 0 rings (SSSR count). The summed E-state index contributed by atoms with van der Waals surface area (Å²) >= 11 is 0. The normalized spacial score (nSPS) is 13.0. The SMILES string of the molecule is C=C(C)C(=O)OCC(CC(=O)O)C(F)(F)F. The standard InChI is InChI=1S/C9H11F3O4/c1-5(2)8(15)16-4-6(3-7(13)14)9(10,11)12/h6H,1,3-4H2,2H3,(H,13,14). The van der Waals surface area contributed by atoms with Gasteiger partial charge >= 0.3 is 18.1 Å². The minimum Gasteiger partial charge on any atom is -0.481 e. The maximum atomic E-state index is 12.3. The van der Waals surface area contributed by atoms with E-state index in [4.69, 9.17) is 5.11 Å². The Morgan fingerprint density at radius 1 is 1.44 bits per heavy atom. The average molecular weight is 240 g/mol. The molecule has 4 nitrogen and oxygen atoms in total. The number of esters is 1. The molecule has 0 fully saturated rings. The van der Waals surface area contributed by atoms with Crippen LogP contribution in [0.25, 0.3) is 0 Å². The van der Waals surface area contributed by atoms with Crippen LogP contribution in [0.4, 0.5) is 13.2 Å². The number of carboxylic acid groups (broad SMARTS) is 1. The monoisotopic (exact) mass is 240 g/mol. The lowest BCUT2D eigenvalue weighted by Crippen LogP contribution is -2.30. The van der Waals surface area contributed by atoms with E-state index in [0.29, 0.717) is 0 Å². The van der Waals surface area contributed by atoms with E-state index in [1.165, 1.54) is 6.92 Å². The Morgan fingerprint density at radius 2 is 1.94 bits per heavy atom. The van der Waals surface area contributed by atoms with E-state index >= 15 is 0 Å². The van der Waals surface area contributed by atoms with Gasteiger partial charge in [0.25, 0.3) is 0 Å². The third-order valence-corrected chi connectivity index (χ3v) is 1.65. The molecule has 0 aromatic carbocycles. The topological polar surface area (TPSA) is 63.6 Å². The molecule has 0 aromatic heterocycles. The quantitative estimate of drug-likeness (QED) is 0.587. The van der Waals surface area contributed by atoms with Gasteiger partial charge in [-0.1, -0.05) is 6.58 Å². The van der Waals surface area contributed by atoms with E-state index in [-0.39, 0.29) is 5.57 Å². The van der Waals surface area contributed by atoms with Crippen molar-refractivity contribution in [3.8, 4) is 0 Å². The molecule has 0 bridgehead atoms. The zero-order chi connectivity index (χ0) is 12.9. The molecule has 0 radical (unpaired) electrons. The number of carboxylic acids is 1. The van der Waals surface area contributed by atoms with Crippen LogP contribution < -0.4 is 0 Å². The van der Waals surface area contributed by atoms with E-state index in [0.717, 1.165) is 0 Å². The zero-order valence-electron chi connectivity index (χ0n) is 8.50. The predicted octanol–water partition coefficient (Wildman–Crippen LogP) is 1.76. The molecule has 92 valence electrons. The van der Waals surface area contributed by atoms with Crippen molar-refractivity contribution in [2.45, 2.75) is 19.5 Å². The second-order valence-corrected chi connectivity index (χ2v) is 3.22. The molecule has 0 heterocycles. The summed E-state index contributed by atoms with van der Waals surface area (Å²) in [4.78, 5) is 21.0. The van der Waals surface area contributed by atoms with Crippen molar-refractivity contribution in [2.24, 2.45) is 5.92 Å².